The Morgan fingerprint density at radius 2 is 2.29 bits per heavy atom. The molecule has 1 amide bonds. The molecule has 0 fully saturated rings. The van der Waals surface area contributed by atoms with Gasteiger partial charge in [0.15, 0.2) is 11.9 Å². The Labute approximate surface area is 96.2 Å². The van der Waals surface area contributed by atoms with Gasteiger partial charge in [-0.3, -0.25) is 14.9 Å². The molecular weight excluding hydrogens is 228 g/mol. The van der Waals surface area contributed by atoms with Gasteiger partial charge in [-0.25, -0.2) is 0 Å². The standard InChI is InChI=1S/C10H10N2O5/c13-4-3-8-10(14)11-7-2-1-6(12(15)16)5-9(7)17-8/h1-2,5,8,13H,3-4H2,(H,11,14). The highest BCUT2D eigenvalue weighted by atomic mass is 16.6. The van der Waals surface area contributed by atoms with E-state index in [1.54, 1.807) is 0 Å². The lowest BCUT2D eigenvalue weighted by Crippen LogP contribution is -2.37. The fourth-order valence-electron chi connectivity index (χ4n) is 1.55. The van der Waals surface area contributed by atoms with Crippen molar-refractivity contribution >= 4 is 17.3 Å². The van der Waals surface area contributed by atoms with Crippen molar-refractivity contribution in [1.29, 1.82) is 0 Å². The van der Waals surface area contributed by atoms with Crippen LogP contribution in [-0.2, 0) is 4.79 Å². The first-order valence-corrected chi connectivity index (χ1v) is 4.98. The minimum Gasteiger partial charge on any atom is -0.478 e. The first kappa shape index (κ1) is 11.3. The predicted octanol–water partition coefficient (Wildman–Crippen LogP) is 0.677. The Bertz CT molecular complexity index is 474. The quantitative estimate of drug-likeness (QED) is 0.595. The highest BCUT2D eigenvalue weighted by Gasteiger charge is 2.28. The lowest BCUT2D eigenvalue weighted by molar-refractivity contribution is -0.384. The number of hydrogen-bond acceptors (Lipinski definition) is 5. The molecule has 2 rings (SSSR count). The van der Waals surface area contributed by atoms with E-state index in [1.165, 1.54) is 18.2 Å². The van der Waals surface area contributed by atoms with Crippen LogP contribution in [0.2, 0.25) is 0 Å². The van der Waals surface area contributed by atoms with E-state index in [2.05, 4.69) is 5.32 Å². The number of carbonyl (C=O) groups is 1. The van der Waals surface area contributed by atoms with Gasteiger partial charge in [0.05, 0.1) is 16.7 Å². The van der Waals surface area contributed by atoms with E-state index in [9.17, 15) is 14.9 Å². The Hall–Kier alpha value is -2.15. The number of nitrogens with zero attached hydrogens (tertiary/aromatic N) is 1. The Morgan fingerprint density at radius 1 is 1.53 bits per heavy atom. The number of hydrogen-bond donors (Lipinski definition) is 2. The van der Waals surface area contributed by atoms with Gasteiger partial charge in [0.25, 0.3) is 11.6 Å². The monoisotopic (exact) mass is 238 g/mol. The highest BCUT2D eigenvalue weighted by molar-refractivity contribution is 5.97. The molecule has 90 valence electrons. The molecular formula is C10H10N2O5. The van der Waals surface area contributed by atoms with E-state index in [4.69, 9.17) is 9.84 Å². The molecule has 0 saturated carbocycles. The average molecular weight is 238 g/mol. The van der Waals surface area contributed by atoms with E-state index in [-0.39, 0.29) is 30.4 Å². The van der Waals surface area contributed by atoms with Crippen molar-refractivity contribution in [3.8, 4) is 5.75 Å². The number of aliphatic hydroxyl groups is 1. The second-order valence-electron chi connectivity index (χ2n) is 3.55. The molecule has 1 aromatic carbocycles. The molecule has 1 aliphatic rings. The number of rotatable bonds is 3. The normalized spacial score (nSPS) is 17.9. The molecule has 0 saturated heterocycles. The summed E-state index contributed by atoms with van der Waals surface area (Å²) in [7, 11) is 0. The Balaban J connectivity index is 2.30. The first-order valence-electron chi connectivity index (χ1n) is 4.98. The summed E-state index contributed by atoms with van der Waals surface area (Å²) < 4.78 is 5.30. The molecule has 0 aliphatic carbocycles. The van der Waals surface area contributed by atoms with Gasteiger partial charge in [0, 0.05) is 19.1 Å². The molecule has 1 unspecified atom stereocenters. The van der Waals surface area contributed by atoms with E-state index in [1.807, 2.05) is 0 Å². The Morgan fingerprint density at radius 3 is 2.94 bits per heavy atom. The summed E-state index contributed by atoms with van der Waals surface area (Å²) in [5.41, 5.74) is 0.289. The van der Waals surface area contributed by atoms with Crippen LogP contribution in [0.1, 0.15) is 6.42 Å². The van der Waals surface area contributed by atoms with Crippen molar-refractivity contribution in [1.82, 2.24) is 0 Å². The van der Waals surface area contributed by atoms with E-state index in [0.29, 0.717) is 5.69 Å². The smallest absolute Gasteiger partial charge is 0.273 e. The number of anilines is 1. The lowest BCUT2D eigenvalue weighted by Gasteiger charge is -2.24. The van der Waals surface area contributed by atoms with Gasteiger partial charge in [-0.2, -0.15) is 0 Å². The molecule has 1 aliphatic heterocycles. The maximum Gasteiger partial charge on any atom is 0.273 e. The summed E-state index contributed by atoms with van der Waals surface area (Å²) in [6.07, 6.45) is -0.664. The molecule has 1 atom stereocenters. The van der Waals surface area contributed by atoms with Crippen molar-refractivity contribution in [3.05, 3.63) is 28.3 Å². The van der Waals surface area contributed by atoms with E-state index >= 15 is 0 Å². The van der Waals surface area contributed by atoms with Crippen LogP contribution in [0.4, 0.5) is 11.4 Å². The molecule has 7 heteroatoms. The minimum absolute atomic E-state index is 0.109. The Kier molecular flexibility index (Phi) is 2.92. The molecule has 0 radical (unpaired) electrons. The van der Waals surface area contributed by atoms with Crippen molar-refractivity contribution in [3.63, 3.8) is 0 Å². The number of fused-ring (bicyclic) bond motifs is 1. The molecule has 2 N–H and O–H groups in total. The van der Waals surface area contributed by atoms with Crippen LogP contribution < -0.4 is 10.1 Å². The van der Waals surface area contributed by atoms with Crippen LogP contribution >= 0.6 is 0 Å². The summed E-state index contributed by atoms with van der Waals surface area (Å²) >= 11 is 0. The largest absolute Gasteiger partial charge is 0.478 e. The van der Waals surface area contributed by atoms with Crippen molar-refractivity contribution < 1.29 is 19.6 Å². The van der Waals surface area contributed by atoms with Crippen LogP contribution in [0.25, 0.3) is 0 Å². The third-order valence-corrected chi connectivity index (χ3v) is 2.39. The number of non-ortho nitro benzene ring substituents is 1. The van der Waals surface area contributed by atoms with Crippen LogP contribution in [0, 0.1) is 10.1 Å². The van der Waals surface area contributed by atoms with Crippen molar-refractivity contribution in [2.75, 3.05) is 11.9 Å². The van der Waals surface area contributed by atoms with Crippen LogP contribution in [0.5, 0.6) is 5.75 Å². The topological polar surface area (TPSA) is 102 Å². The second-order valence-corrected chi connectivity index (χ2v) is 3.55. The van der Waals surface area contributed by atoms with Crippen LogP contribution in [-0.4, -0.2) is 28.6 Å². The molecule has 0 bridgehead atoms. The molecule has 0 spiro atoms. The van der Waals surface area contributed by atoms with E-state index in [0.717, 1.165) is 0 Å². The van der Waals surface area contributed by atoms with Crippen LogP contribution in [0.3, 0.4) is 0 Å². The number of nitrogens with one attached hydrogen (secondary N) is 1. The number of nitro benzene ring substituents is 1. The zero-order chi connectivity index (χ0) is 12.4. The number of ether oxygens (including phenoxy) is 1. The van der Waals surface area contributed by atoms with E-state index < -0.39 is 11.0 Å². The third-order valence-electron chi connectivity index (χ3n) is 2.39. The van der Waals surface area contributed by atoms with Gasteiger partial charge in [-0.15, -0.1) is 0 Å². The van der Waals surface area contributed by atoms with Crippen molar-refractivity contribution in [2.24, 2.45) is 0 Å². The zero-order valence-corrected chi connectivity index (χ0v) is 8.75. The number of benzene rings is 1. The molecule has 1 heterocycles. The van der Waals surface area contributed by atoms with Gasteiger partial charge in [-0.05, 0) is 6.07 Å². The first-order chi connectivity index (χ1) is 8.11. The summed E-state index contributed by atoms with van der Waals surface area (Å²) in [6, 6.07) is 3.95. The lowest BCUT2D eigenvalue weighted by atomic mass is 10.1. The highest BCUT2D eigenvalue weighted by Crippen LogP contribution is 2.33. The summed E-state index contributed by atoms with van der Waals surface area (Å²) in [4.78, 5) is 21.5. The fraction of sp³-hybridized carbons (Fsp3) is 0.300. The number of carbonyl (C=O) groups excluding carboxylic acids is 1. The second kappa shape index (κ2) is 4.38. The summed E-state index contributed by atoms with van der Waals surface area (Å²) in [5.74, 6) is -0.113. The summed E-state index contributed by atoms with van der Waals surface area (Å²) in [5, 5.41) is 21.9. The van der Waals surface area contributed by atoms with Crippen molar-refractivity contribution in [2.45, 2.75) is 12.5 Å². The zero-order valence-electron chi connectivity index (χ0n) is 8.75. The molecule has 7 nitrogen and oxygen atoms in total. The fourth-order valence-corrected chi connectivity index (χ4v) is 1.55. The van der Waals surface area contributed by atoms with Gasteiger partial charge in [0.2, 0.25) is 0 Å². The predicted molar refractivity (Wildman–Crippen MR) is 57.8 cm³/mol. The SMILES string of the molecule is O=C1Nc2ccc([N+](=O)[O-])cc2OC1CCO. The molecule has 17 heavy (non-hydrogen) atoms. The third kappa shape index (κ3) is 2.18. The maximum absolute atomic E-state index is 11.5. The number of nitro groups is 1. The van der Waals surface area contributed by atoms with Gasteiger partial charge >= 0.3 is 0 Å². The molecule has 0 aromatic heterocycles. The van der Waals surface area contributed by atoms with Gasteiger partial charge < -0.3 is 15.2 Å². The number of aliphatic hydroxyl groups excluding tert-OH is 1. The minimum atomic E-state index is -0.811. The average Bonchev–Trinajstić information content (AvgIpc) is 2.29. The summed E-state index contributed by atoms with van der Waals surface area (Å²) in [6.45, 7) is -0.192. The van der Waals surface area contributed by atoms with Crippen LogP contribution in [0.15, 0.2) is 18.2 Å². The van der Waals surface area contributed by atoms with Gasteiger partial charge in [-0.1, -0.05) is 0 Å². The van der Waals surface area contributed by atoms with Gasteiger partial charge in [0.1, 0.15) is 0 Å². The molecule has 1 aromatic rings. The maximum atomic E-state index is 11.5. The number of amides is 1.